The molecule has 0 atom stereocenters. The van der Waals surface area contributed by atoms with Gasteiger partial charge in [0.05, 0.1) is 40.1 Å². The molecule has 1 N–H and O–H groups in total. The molecule has 0 radical (unpaired) electrons. The summed E-state index contributed by atoms with van der Waals surface area (Å²) in [6.45, 7) is 1.73. The number of carbonyl (C=O) groups is 1. The SMILES string of the molecule is Cc1c(C(=O)Nc2cc(C(F)(F)F)ccc2N(C)C)cnn1-c1ccccc1. The van der Waals surface area contributed by atoms with Crippen molar-refractivity contribution in [2.75, 3.05) is 24.3 Å². The number of rotatable bonds is 4. The molecule has 8 heteroatoms. The first-order valence-electron chi connectivity index (χ1n) is 8.48. The van der Waals surface area contributed by atoms with Gasteiger partial charge in [0.15, 0.2) is 0 Å². The Balaban J connectivity index is 1.94. The summed E-state index contributed by atoms with van der Waals surface area (Å²) in [5.41, 5.74) is 1.37. The van der Waals surface area contributed by atoms with Crippen LogP contribution in [-0.2, 0) is 6.18 Å². The minimum atomic E-state index is -4.50. The highest BCUT2D eigenvalue weighted by atomic mass is 19.4. The molecule has 28 heavy (non-hydrogen) atoms. The lowest BCUT2D eigenvalue weighted by Gasteiger charge is -2.19. The lowest BCUT2D eigenvalue weighted by molar-refractivity contribution is -0.137. The number of anilines is 2. The first-order chi connectivity index (χ1) is 13.2. The molecule has 2 aromatic carbocycles. The summed E-state index contributed by atoms with van der Waals surface area (Å²) in [6.07, 6.45) is -3.10. The van der Waals surface area contributed by atoms with Crippen molar-refractivity contribution >= 4 is 17.3 Å². The highest BCUT2D eigenvalue weighted by Gasteiger charge is 2.31. The largest absolute Gasteiger partial charge is 0.416 e. The summed E-state index contributed by atoms with van der Waals surface area (Å²) < 4.78 is 40.8. The highest BCUT2D eigenvalue weighted by molar-refractivity contribution is 6.06. The van der Waals surface area contributed by atoms with E-state index in [1.165, 1.54) is 12.3 Å². The van der Waals surface area contributed by atoms with Gasteiger partial charge in [-0.1, -0.05) is 18.2 Å². The van der Waals surface area contributed by atoms with E-state index in [-0.39, 0.29) is 11.3 Å². The van der Waals surface area contributed by atoms with E-state index < -0.39 is 17.6 Å². The van der Waals surface area contributed by atoms with E-state index in [2.05, 4.69) is 10.4 Å². The highest BCUT2D eigenvalue weighted by Crippen LogP contribution is 2.35. The van der Waals surface area contributed by atoms with Crippen LogP contribution in [0.15, 0.2) is 54.7 Å². The van der Waals surface area contributed by atoms with Crippen LogP contribution in [0.2, 0.25) is 0 Å². The van der Waals surface area contributed by atoms with E-state index >= 15 is 0 Å². The molecule has 1 heterocycles. The van der Waals surface area contributed by atoms with Crippen molar-refractivity contribution in [3.05, 3.63) is 71.5 Å². The molecule has 1 amide bonds. The minimum Gasteiger partial charge on any atom is -0.376 e. The van der Waals surface area contributed by atoms with E-state index in [0.29, 0.717) is 11.4 Å². The number of aromatic nitrogens is 2. The molecule has 5 nitrogen and oxygen atoms in total. The van der Waals surface area contributed by atoms with Gasteiger partial charge in [-0.2, -0.15) is 18.3 Å². The topological polar surface area (TPSA) is 50.2 Å². The van der Waals surface area contributed by atoms with Gasteiger partial charge in [0.25, 0.3) is 5.91 Å². The molecule has 1 aromatic heterocycles. The first-order valence-corrected chi connectivity index (χ1v) is 8.48. The van der Waals surface area contributed by atoms with Crippen LogP contribution in [0.25, 0.3) is 5.69 Å². The van der Waals surface area contributed by atoms with Crippen LogP contribution in [0.3, 0.4) is 0 Å². The zero-order valence-corrected chi connectivity index (χ0v) is 15.6. The Hall–Kier alpha value is -3.29. The molecule has 0 bridgehead atoms. The smallest absolute Gasteiger partial charge is 0.376 e. The first kappa shape index (κ1) is 19.5. The fourth-order valence-corrected chi connectivity index (χ4v) is 2.85. The molecule has 0 aliphatic carbocycles. The average Bonchev–Trinajstić information content (AvgIpc) is 3.03. The fraction of sp³-hybridized carbons (Fsp3) is 0.200. The second kappa shape index (κ2) is 7.38. The van der Waals surface area contributed by atoms with Gasteiger partial charge in [0.2, 0.25) is 0 Å². The number of carbonyl (C=O) groups excluding carboxylic acids is 1. The number of halogens is 3. The Labute approximate surface area is 160 Å². The number of amides is 1. The Kier molecular flexibility index (Phi) is 5.13. The zero-order chi connectivity index (χ0) is 20.5. The van der Waals surface area contributed by atoms with Crippen LogP contribution in [0.1, 0.15) is 21.6 Å². The predicted molar refractivity (Wildman–Crippen MR) is 102 cm³/mol. The fourth-order valence-electron chi connectivity index (χ4n) is 2.85. The molecule has 0 spiro atoms. The minimum absolute atomic E-state index is 0.0803. The standard InChI is InChI=1S/C20H19F3N4O/c1-13-16(12-24-27(13)15-7-5-4-6-8-15)19(28)25-17-11-14(20(21,22)23)9-10-18(17)26(2)3/h4-12H,1-3H3,(H,25,28). The summed E-state index contributed by atoms with van der Waals surface area (Å²) in [7, 11) is 3.38. The van der Waals surface area contributed by atoms with Crippen LogP contribution >= 0.6 is 0 Å². The van der Waals surface area contributed by atoms with Crippen molar-refractivity contribution in [1.29, 1.82) is 0 Å². The maximum absolute atomic E-state index is 13.1. The maximum atomic E-state index is 13.1. The molecule has 0 unspecified atom stereocenters. The van der Waals surface area contributed by atoms with Gasteiger partial charge in [0, 0.05) is 14.1 Å². The summed E-state index contributed by atoms with van der Waals surface area (Å²) in [6, 6.07) is 12.5. The van der Waals surface area contributed by atoms with Gasteiger partial charge in [-0.05, 0) is 37.3 Å². The predicted octanol–water partition coefficient (Wildman–Crippen LogP) is 4.52. The van der Waals surface area contributed by atoms with E-state index in [4.69, 9.17) is 0 Å². The Morgan fingerprint density at radius 1 is 1.11 bits per heavy atom. The molecule has 0 aliphatic heterocycles. The number of hydrogen-bond donors (Lipinski definition) is 1. The van der Waals surface area contributed by atoms with Crippen LogP contribution < -0.4 is 10.2 Å². The molecule has 3 rings (SSSR count). The second-order valence-corrected chi connectivity index (χ2v) is 6.47. The van der Waals surface area contributed by atoms with Crippen molar-refractivity contribution in [2.24, 2.45) is 0 Å². The molecular formula is C20H19F3N4O. The molecule has 0 fully saturated rings. The third-order valence-electron chi connectivity index (χ3n) is 4.31. The quantitative estimate of drug-likeness (QED) is 0.715. The number of nitrogens with one attached hydrogen (secondary N) is 1. The number of benzene rings is 2. The number of para-hydroxylation sites is 1. The Morgan fingerprint density at radius 2 is 1.79 bits per heavy atom. The van der Waals surface area contributed by atoms with Crippen molar-refractivity contribution in [2.45, 2.75) is 13.1 Å². The molecule has 0 aliphatic rings. The normalized spacial score (nSPS) is 11.4. The molecule has 3 aromatic rings. The van der Waals surface area contributed by atoms with E-state index in [1.807, 2.05) is 30.3 Å². The van der Waals surface area contributed by atoms with Gasteiger partial charge in [-0.15, -0.1) is 0 Å². The van der Waals surface area contributed by atoms with Crippen LogP contribution in [0.5, 0.6) is 0 Å². The van der Waals surface area contributed by atoms with Crippen molar-refractivity contribution < 1.29 is 18.0 Å². The van der Waals surface area contributed by atoms with Crippen LogP contribution in [-0.4, -0.2) is 29.8 Å². The van der Waals surface area contributed by atoms with Crippen molar-refractivity contribution in [1.82, 2.24) is 9.78 Å². The van der Waals surface area contributed by atoms with Crippen LogP contribution in [0, 0.1) is 6.92 Å². The third-order valence-corrected chi connectivity index (χ3v) is 4.31. The van der Waals surface area contributed by atoms with Gasteiger partial charge < -0.3 is 10.2 Å². The van der Waals surface area contributed by atoms with Gasteiger partial charge in [-0.25, -0.2) is 4.68 Å². The lowest BCUT2D eigenvalue weighted by atomic mass is 10.1. The molecule has 146 valence electrons. The summed E-state index contributed by atoms with van der Waals surface area (Å²) in [4.78, 5) is 14.4. The number of nitrogens with zero attached hydrogens (tertiary/aromatic N) is 3. The zero-order valence-electron chi connectivity index (χ0n) is 15.6. The van der Waals surface area contributed by atoms with Gasteiger partial charge in [-0.3, -0.25) is 4.79 Å². The molecular weight excluding hydrogens is 369 g/mol. The molecule has 0 saturated heterocycles. The third kappa shape index (κ3) is 3.85. The summed E-state index contributed by atoms with van der Waals surface area (Å²) >= 11 is 0. The van der Waals surface area contributed by atoms with E-state index in [9.17, 15) is 18.0 Å². The van der Waals surface area contributed by atoms with Crippen molar-refractivity contribution in [3.63, 3.8) is 0 Å². The van der Waals surface area contributed by atoms with Crippen molar-refractivity contribution in [3.8, 4) is 5.69 Å². The Morgan fingerprint density at radius 3 is 2.39 bits per heavy atom. The lowest BCUT2D eigenvalue weighted by Crippen LogP contribution is -2.18. The summed E-state index contributed by atoms with van der Waals surface area (Å²) in [5.74, 6) is -0.526. The monoisotopic (exact) mass is 388 g/mol. The van der Waals surface area contributed by atoms with E-state index in [0.717, 1.165) is 17.8 Å². The van der Waals surface area contributed by atoms with Crippen LogP contribution in [0.4, 0.5) is 24.5 Å². The molecule has 0 saturated carbocycles. The number of alkyl halides is 3. The van der Waals surface area contributed by atoms with Gasteiger partial charge >= 0.3 is 6.18 Å². The summed E-state index contributed by atoms with van der Waals surface area (Å²) in [5, 5.41) is 6.82. The van der Waals surface area contributed by atoms with Gasteiger partial charge in [0.1, 0.15) is 0 Å². The Bertz CT molecular complexity index is 994. The van der Waals surface area contributed by atoms with E-state index in [1.54, 1.807) is 30.6 Å². The maximum Gasteiger partial charge on any atom is 0.416 e. The average molecular weight is 388 g/mol. The number of hydrogen-bond acceptors (Lipinski definition) is 3. The second-order valence-electron chi connectivity index (χ2n) is 6.47.